The molecule has 0 saturated carbocycles. The topological polar surface area (TPSA) is 83.6 Å². The summed E-state index contributed by atoms with van der Waals surface area (Å²) in [6.07, 6.45) is 3.67. The minimum Gasteiger partial charge on any atom is -0.341 e. The van der Waals surface area contributed by atoms with Crippen molar-refractivity contribution >= 4 is 46.1 Å². The van der Waals surface area contributed by atoms with E-state index >= 15 is 0 Å². The van der Waals surface area contributed by atoms with Crippen LogP contribution in [0.15, 0.2) is 41.9 Å². The maximum Gasteiger partial charge on any atom is 0.237 e. The second-order valence-corrected chi connectivity index (χ2v) is 6.36. The normalized spacial score (nSPS) is 12.3. The van der Waals surface area contributed by atoms with Crippen molar-refractivity contribution in [2.45, 2.75) is 23.6 Å². The molecule has 0 fully saturated rings. The minimum atomic E-state index is -0.298. The van der Waals surface area contributed by atoms with E-state index < -0.39 is 0 Å². The van der Waals surface area contributed by atoms with Gasteiger partial charge in [-0.2, -0.15) is 0 Å². The Kier molecular flexibility index (Phi) is 4.78. The number of halogens is 1. The van der Waals surface area contributed by atoms with Gasteiger partial charge in [-0.25, -0.2) is 15.0 Å². The fraction of sp³-hybridized carbons (Fsp3) is 0.200. The number of imidazole rings is 1. The molecule has 0 unspecified atom stereocenters. The Hall–Kier alpha value is -2.12. The maximum atomic E-state index is 12.5. The summed E-state index contributed by atoms with van der Waals surface area (Å²) in [7, 11) is 0. The zero-order chi connectivity index (χ0) is 16.2. The van der Waals surface area contributed by atoms with Gasteiger partial charge in [0.2, 0.25) is 5.91 Å². The van der Waals surface area contributed by atoms with Crippen LogP contribution < -0.4 is 5.32 Å². The predicted octanol–water partition coefficient (Wildman–Crippen LogP) is 3.52. The van der Waals surface area contributed by atoms with Crippen molar-refractivity contribution in [3.8, 4) is 0 Å². The number of benzene rings is 1. The summed E-state index contributed by atoms with van der Waals surface area (Å²) in [4.78, 5) is 27.9. The van der Waals surface area contributed by atoms with E-state index in [1.807, 2.05) is 19.1 Å². The van der Waals surface area contributed by atoms with Gasteiger partial charge in [0.15, 0.2) is 5.65 Å². The van der Waals surface area contributed by atoms with E-state index in [0.717, 1.165) is 5.52 Å². The van der Waals surface area contributed by atoms with E-state index in [-0.39, 0.29) is 11.2 Å². The van der Waals surface area contributed by atoms with Gasteiger partial charge < -0.3 is 10.3 Å². The molecular formula is C15H14ClN5OS. The van der Waals surface area contributed by atoms with Crippen molar-refractivity contribution in [3.63, 3.8) is 0 Å². The highest BCUT2D eigenvalue weighted by molar-refractivity contribution is 8.00. The van der Waals surface area contributed by atoms with Crippen molar-refractivity contribution in [2.24, 2.45) is 0 Å². The average Bonchev–Trinajstić information content (AvgIpc) is 3.04. The van der Waals surface area contributed by atoms with E-state index in [2.05, 4.69) is 25.3 Å². The lowest BCUT2D eigenvalue weighted by Crippen LogP contribution is -2.24. The molecule has 0 radical (unpaired) electrons. The molecule has 1 atom stereocenters. The summed E-state index contributed by atoms with van der Waals surface area (Å²) in [6.45, 7) is 1.95. The zero-order valence-corrected chi connectivity index (χ0v) is 13.9. The van der Waals surface area contributed by atoms with Gasteiger partial charge in [-0.1, -0.05) is 42.4 Å². The summed E-state index contributed by atoms with van der Waals surface area (Å²) in [6, 6.07) is 7.16. The van der Waals surface area contributed by atoms with Crippen molar-refractivity contribution in [1.29, 1.82) is 0 Å². The summed E-state index contributed by atoms with van der Waals surface area (Å²) in [5.74, 6) is -0.114. The third kappa shape index (κ3) is 3.46. The Morgan fingerprint density at radius 3 is 2.96 bits per heavy atom. The highest BCUT2D eigenvalue weighted by Gasteiger charge is 2.21. The Labute approximate surface area is 142 Å². The van der Waals surface area contributed by atoms with Crippen LogP contribution in [0.5, 0.6) is 0 Å². The van der Waals surface area contributed by atoms with Gasteiger partial charge in [0, 0.05) is 0 Å². The Bertz CT molecular complexity index is 837. The molecule has 3 aromatic rings. The number of amides is 1. The predicted molar refractivity (Wildman–Crippen MR) is 91.7 cm³/mol. The van der Waals surface area contributed by atoms with Crippen LogP contribution in [0, 0.1) is 0 Å². The van der Waals surface area contributed by atoms with Gasteiger partial charge in [-0.3, -0.25) is 4.79 Å². The summed E-state index contributed by atoms with van der Waals surface area (Å²) < 4.78 is 0. The van der Waals surface area contributed by atoms with E-state index in [1.165, 1.54) is 18.1 Å². The molecule has 6 nitrogen and oxygen atoms in total. The van der Waals surface area contributed by atoms with Crippen molar-refractivity contribution < 1.29 is 4.79 Å². The quantitative estimate of drug-likeness (QED) is 0.545. The number of hydrogen-bond donors (Lipinski definition) is 2. The molecule has 2 heterocycles. The molecule has 1 aromatic carbocycles. The van der Waals surface area contributed by atoms with E-state index in [0.29, 0.717) is 27.8 Å². The Morgan fingerprint density at radius 1 is 1.35 bits per heavy atom. The largest absolute Gasteiger partial charge is 0.341 e. The van der Waals surface area contributed by atoms with Crippen molar-refractivity contribution in [1.82, 2.24) is 19.9 Å². The third-order valence-electron chi connectivity index (χ3n) is 3.24. The summed E-state index contributed by atoms with van der Waals surface area (Å²) in [5.41, 5.74) is 1.93. The van der Waals surface area contributed by atoms with Gasteiger partial charge in [0.1, 0.15) is 16.9 Å². The average molecular weight is 348 g/mol. The van der Waals surface area contributed by atoms with Gasteiger partial charge in [-0.15, -0.1) is 0 Å². The van der Waals surface area contributed by atoms with Crippen LogP contribution in [0.25, 0.3) is 11.2 Å². The lowest BCUT2D eigenvalue weighted by molar-refractivity contribution is -0.115. The number of rotatable bonds is 5. The van der Waals surface area contributed by atoms with Gasteiger partial charge >= 0.3 is 0 Å². The van der Waals surface area contributed by atoms with Crippen LogP contribution >= 0.6 is 23.4 Å². The number of nitrogens with zero attached hydrogens (tertiary/aromatic N) is 3. The van der Waals surface area contributed by atoms with Crippen LogP contribution in [0.4, 0.5) is 5.69 Å². The van der Waals surface area contributed by atoms with Gasteiger partial charge in [0.25, 0.3) is 0 Å². The lowest BCUT2D eigenvalue weighted by Gasteiger charge is -2.15. The second kappa shape index (κ2) is 6.97. The smallest absolute Gasteiger partial charge is 0.237 e. The van der Waals surface area contributed by atoms with Crippen LogP contribution in [-0.4, -0.2) is 31.1 Å². The summed E-state index contributed by atoms with van der Waals surface area (Å²) in [5, 5.41) is 3.78. The van der Waals surface area contributed by atoms with E-state index in [1.54, 1.807) is 18.5 Å². The number of thioether (sulfide) groups is 1. The van der Waals surface area contributed by atoms with Crippen molar-refractivity contribution in [2.75, 3.05) is 5.32 Å². The highest BCUT2D eigenvalue weighted by Crippen LogP contribution is 2.29. The van der Waals surface area contributed by atoms with Crippen LogP contribution in [0.1, 0.15) is 13.3 Å². The fourth-order valence-electron chi connectivity index (χ4n) is 2.07. The molecule has 1 amide bonds. The second-order valence-electron chi connectivity index (χ2n) is 4.76. The van der Waals surface area contributed by atoms with Crippen molar-refractivity contribution in [3.05, 3.63) is 41.9 Å². The lowest BCUT2D eigenvalue weighted by atomic mass is 10.2. The SMILES string of the molecule is CC[C@@H](Sc1ncnc2nc[nH]c12)C(=O)Nc1ccccc1Cl. The first-order chi connectivity index (χ1) is 11.2. The first-order valence-electron chi connectivity index (χ1n) is 7.05. The molecule has 2 N–H and O–H groups in total. The number of hydrogen-bond acceptors (Lipinski definition) is 5. The molecule has 118 valence electrons. The third-order valence-corrected chi connectivity index (χ3v) is 4.93. The molecule has 2 aromatic heterocycles. The van der Waals surface area contributed by atoms with Crippen LogP contribution in [0.3, 0.4) is 0 Å². The monoisotopic (exact) mass is 347 g/mol. The molecular weight excluding hydrogens is 334 g/mol. The van der Waals surface area contributed by atoms with Gasteiger partial charge in [-0.05, 0) is 18.6 Å². The minimum absolute atomic E-state index is 0.114. The fourth-order valence-corrected chi connectivity index (χ4v) is 3.23. The van der Waals surface area contributed by atoms with E-state index in [9.17, 15) is 4.79 Å². The molecule has 0 aliphatic carbocycles. The first kappa shape index (κ1) is 15.8. The molecule has 0 aliphatic heterocycles. The highest BCUT2D eigenvalue weighted by atomic mass is 35.5. The Morgan fingerprint density at radius 2 is 2.17 bits per heavy atom. The molecule has 3 rings (SSSR count). The first-order valence-corrected chi connectivity index (χ1v) is 8.31. The Balaban J connectivity index is 1.78. The number of para-hydroxylation sites is 1. The number of fused-ring (bicyclic) bond motifs is 1. The summed E-state index contributed by atoms with van der Waals surface area (Å²) >= 11 is 7.46. The molecule has 0 saturated heterocycles. The number of carbonyl (C=O) groups is 1. The number of aromatic nitrogens is 4. The number of carbonyl (C=O) groups excluding carboxylic acids is 1. The standard InChI is InChI=1S/C15H14ClN5OS/c1-2-11(14(22)21-10-6-4-3-5-9(10)16)23-15-12-13(18-7-17-12)19-8-20-15/h3-8,11H,2H2,1H3,(H,21,22)(H,17,18,19,20)/t11-/m1/s1. The molecule has 0 spiro atoms. The molecule has 23 heavy (non-hydrogen) atoms. The van der Waals surface area contributed by atoms with E-state index in [4.69, 9.17) is 11.6 Å². The number of aromatic amines is 1. The number of nitrogens with one attached hydrogen (secondary N) is 2. The van der Waals surface area contributed by atoms with Crippen LogP contribution in [0.2, 0.25) is 5.02 Å². The molecule has 0 bridgehead atoms. The molecule has 0 aliphatic rings. The van der Waals surface area contributed by atoms with Gasteiger partial charge in [0.05, 0.1) is 22.3 Å². The van der Waals surface area contributed by atoms with Crippen LogP contribution in [-0.2, 0) is 4.79 Å². The number of H-pyrrole nitrogens is 1. The number of anilines is 1. The zero-order valence-electron chi connectivity index (χ0n) is 12.3. The maximum absolute atomic E-state index is 12.5. The molecule has 8 heteroatoms.